The van der Waals surface area contributed by atoms with Crippen LogP contribution in [0.1, 0.15) is 39.7 Å². The fourth-order valence-corrected chi connectivity index (χ4v) is 4.74. The molecule has 0 unspecified atom stereocenters. The Bertz CT molecular complexity index is 1140. The van der Waals surface area contributed by atoms with Gasteiger partial charge in [0.25, 0.3) is 0 Å². The van der Waals surface area contributed by atoms with E-state index in [1.165, 1.54) is 4.90 Å². The van der Waals surface area contributed by atoms with Crippen LogP contribution in [0.4, 0.5) is 5.69 Å². The topological polar surface area (TPSA) is 96.0 Å². The van der Waals surface area contributed by atoms with Crippen LogP contribution in [0.25, 0.3) is 0 Å². The third-order valence-corrected chi connectivity index (χ3v) is 6.98. The van der Waals surface area contributed by atoms with Gasteiger partial charge < -0.3 is 15.0 Å². The number of anilines is 1. The molecule has 0 aliphatic carbocycles. The van der Waals surface area contributed by atoms with Gasteiger partial charge in [-0.3, -0.25) is 13.9 Å². The Morgan fingerprint density at radius 3 is 2.28 bits per heavy atom. The first-order chi connectivity index (χ1) is 17.0. The van der Waals surface area contributed by atoms with Crippen LogP contribution in [0, 0.1) is 5.92 Å². The molecule has 0 heterocycles. The summed E-state index contributed by atoms with van der Waals surface area (Å²) in [5.74, 6) is -0.252. The summed E-state index contributed by atoms with van der Waals surface area (Å²) in [5, 5.41) is 3.35. The molecule has 0 radical (unpaired) electrons. The van der Waals surface area contributed by atoms with Gasteiger partial charge in [-0.25, -0.2) is 8.42 Å². The largest absolute Gasteiger partial charge is 0.492 e. The number of benzene rings is 2. The highest BCUT2D eigenvalue weighted by Crippen LogP contribution is 2.30. The number of hydrogen-bond acceptors (Lipinski definition) is 5. The third kappa shape index (κ3) is 8.13. The molecule has 0 aromatic heterocycles. The molecule has 0 bridgehead atoms. The van der Waals surface area contributed by atoms with E-state index in [0.717, 1.165) is 10.6 Å². The minimum Gasteiger partial charge on any atom is -0.492 e. The van der Waals surface area contributed by atoms with E-state index in [2.05, 4.69) is 5.32 Å². The van der Waals surface area contributed by atoms with E-state index in [4.69, 9.17) is 16.3 Å². The maximum absolute atomic E-state index is 13.8. The van der Waals surface area contributed by atoms with Crippen LogP contribution >= 0.6 is 11.6 Å². The molecular weight excluding hydrogens is 502 g/mol. The number of rotatable bonds is 13. The Kier molecular flexibility index (Phi) is 11.0. The number of para-hydroxylation sites is 2. The zero-order chi connectivity index (χ0) is 26.9. The van der Waals surface area contributed by atoms with Gasteiger partial charge in [0.05, 0.1) is 18.6 Å². The Hall–Kier alpha value is -2.78. The summed E-state index contributed by atoms with van der Waals surface area (Å²) in [6, 6.07) is 12.9. The molecule has 2 rings (SSSR count). The number of hydrogen-bond donors (Lipinski definition) is 1. The van der Waals surface area contributed by atoms with Gasteiger partial charge in [-0.15, -0.1) is 0 Å². The lowest BCUT2D eigenvalue weighted by Gasteiger charge is -2.33. The number of carbonyl (C=O) groups is 2. The van der Waals surface area contributed by atoms with Crippen molar-refractivity contribution < 1.29 is 22.7 Å². The number of amides is 2. The first kappa shape index (κ1) is 29.5. The SMILES string of the molecule is CCOc1ccccc1N(CC(=O)N(Cc1ccccc1Cl)[C@H](CC)C(=O)NCC(C)C)S(C)(=O)=O. The Morgan fingerprint density at radius 2 is 1.69 bits per heavy atom. The molecule has 2 amide bonds. The van der Waals surface area contributed by atoms with Crippen molar-refractivity contribution in [3.8, 4) is 5.75 Å². The average Bonchev–Trinajstić information content (AvgIpc) is 2.82. The van der Waals surface area contributed by atoms with E-state index in [1.807, 2.05) is 20.8 Å². The van der Waals surface area contributed by atoms with Crippen LogP contribution in [0.3, 0.4) is 0 Å². The summed E-state index contributed by atoms with van der Waals surface area (Å²) in [6.45, 7) is 7.90. The quantitative estimate of drug-likeness (QED) is 0.415. The molecule has 36 heavy (non-hydrogen) atoms. The minimum atomic E-state index is -3.86. The fraction of sp³-hybridized carbons (Fsp3) is 0.462. The van der Waals surface area contributed by atoms with Crippen LogP contribution in [0.15, 0.2) is 48.5 Å². The standard InChI is InChI=1S/C26H36ClN3O5S/c1-6-22(26(32)28-16-19(3)4)29(17-20-12-8-9-13-21(20)27)25(31)18-30(36(5,33)34)23-14-10-11-15-24(23)35-7-2/h8-15,19,22H,6-7,16-18H2,1-5H3,(H,28,32)/t22-/m1/s1. The van der Waals surface area contributed by atoms with Crippen molar-refractivity contribution in [3.63, 3.8) is 0 Å². The Labute approximate surface area is 219 Å². The van der Waals surface area contributed by atoms with Crippen LogP contribution in [-0.2, 0) is 26.2 Å². The molecular formula is C26H36ClN3O5S. The molecule has 10 heteroatoms. The summed E-state index contributed by atoms with van der Waals surface area (Å²) in [6.07, 6.45) is 1.38. The molecule has 0 saturated heterocycles. The third-order valence-electron chi connectivity index (χ3n) is 5.48. The van der Waals surface area contributed by atoms with Crippen LogP contribution in [0.5, 0.6) is 5.75 Å². The summed E-state index contributed by atoms with van der Waals surface area (Å²) < 4.78 is 32.2. The van der Waals surface area contributed by atoms with Gasteiger partial charge in [-0.2, -0.15) is 0 Å². The lowest BCUT2D eigenvalue weighted by atomic mass is 10.1. The minimum absolute atomic E-state index is 0.0524. The van der Waals surface area contributed by atoms with E-state index in [1.54, 1.807) is 55.5 Å². The number of nitrogens with one attached hydrogen (secondary N) is 1. The molecule has 8 nitrogen and oxygen atoms in total. The highest BCUT2D eigenvalue weighted by molar-refractivity contribution is 7.92. The number of sulfonamides is 1. The second-order valence-electron chi connectivity index (χ2n) is 8.85. The van der Waals surface area contributed by atoms with E-state index >= 15 is 0 Å². The van der Waals surface area contributed by atoms with Crippen molar-refractivity contribution in [1.29, 1.82) is 0 Å². The van der Waals surface area contributed by atoms with Crippen molar-refractivity contribution in [1.82, 2.24) is 10.2 Å². The van der Waals surface area contributed by atoms with Crippen molar-refractivity contribution in [2.45, 2.75) is 46.7 Å². The molecule has 1 N–H and O–H groups in total. The van der Waals surface area contributed by atoms with Gasteiger partial charge in [0.1, 0.15) is 18.3 Å². The van der Waals surface area contributed by atoms with Crippen molar-refractivity contribution in [3.05, 3.63) is 59.1 Å². The number of carbonyl (C=O) groups excluding carboxylic acids is 2. The maximum Gasteiger partial charge on any atom is 0.244 e. The molecule has 0 aliphatic heterocycles. The summed E-state index contributed by atoms with van der Waals surface area (Å²) in [4.78, 5) is 28.3. The average molecular weight is 538 g/mol. The molecule has 0 aliphatic rings. The maximum atomic E-state index is 13.8. The van der Waals surface area contributed by atoms with Gasteiger partial charge in [0.2, 0.25) is 21.8 Å². The zero-order valence-corrected chi connectivity index (χ0v) is 23.1. The second-order valence-corrected chi connectivity index (χ2v) is 11.2. The fourth-order valence-electron chi connectivity index (χ4n) is 3.69. The van der Waals surface area contributed by atoms with E-state index in [0.29, 0.717) is 35.9 Å². The molecule has 1 atom stereocenters. The molecule has 0 saturated carbocycles. The highest BCUT2D eigenvalue weighted by Gasteiger charge is 2.32. The number of halogens is 1. The smallest absolute Gasteiger partial charge is 0.244 e. The predicted molar refractivity (Wildman–Crippen MR) is 144 cm³/mol. The summed E-state index contributed by atoms with van der Waals surface area (Å²) in [5.41, 5.74) is 0.911. The number of ether oxygens (including phenoxy) is 1. The predicted octanol–water partition coefficient (Wildman–Crippen LogP) is 4.08. The summed E-state index contributed by atoms with van der Waals surface area (Å²) in [7, 11) is -3.86. The second kappa shape index (κ2) is 13.5. The zero-order valence-electron chi connectivity index (χ0n) is 21.5. The van der Waals surface area contributed by atoms with Gasteiger partial charge in [0.15, 0.2) is 0 Å². The monoisotopic (exact) mass is 537 g/mol. The van der Waals surface area contributed by atoms with Gasteiger partial charge >= 0.3 is 0 Å². The van der Waals surface area contributed by atoms with Crippen molar-refractivity contribution in [2.75, 3.05) is 30.3 Å². The van der Waals surface area contributed by atoms with Gasteiger partial charge in [0, 0.05) is 18.1 Å². The van der Waals surface area contributed by atoms with Crippen molar-refractivity contribution >= 4 is 39.1 Å². The first-order valence-corrected chi connectivity index (χ1v) is 14.2. The van der Waals surface area contributed by atoms with E-state index in [-0.39, 0.29) is 24.1 Å². The normalized spacial score (nSPS) is 12.2. The van der Waals surface area contributed by atoms with Crippen molar-refractivity contribution in [2.24, 2.45) is 5.92 Å². The molecule has 0 spiro atoms. The number of nitrogens with zero attached hydrogens (tertiary/aromatic N) is 2. The van der Waals surface area contributed by atoms with Gasteiger partial charge in [-0.1, -0.05) is 62.7 Å². The highest BCUT2D eigenvalue weighted by atomic mass is 35.5. The lowest BCUT2D eigenvalue weighted by Crippen LogP contribution is -2.52. The van der Waals surface area contributed by atoms with Crippen LogP contribution < -0.4 is 14.4 Å². The van der Waals surface area contributed by atoms with Crippen LogP contribution in [-0.4, -0.2) is 57.1 Å². The van der Waals surface area contributed by atoms with E-state index in [9.17, 15) is 18.0 Å². The Balaban J connectivity index is 2.48. The van der Waals surface area contributed by atoms with Gasteiger partial charge in [-0.05, 0) is 43.0 Å². The van der Waals surface area contributed by atoms with E-state index < -0.39 is 28.5 Å². The molecule has 2 aromatic carbocycles. The molecule has 2 aromatic rings. The molecule has 198 valence electrons. The van der Waals surface area contributed by atoms with Crippen LogP contribution in [0.2, 0.25) is 5.02 Å². The lowest BCUT2D eigenvalue weighted by molar-refractivity contribution is -0.140. The molecule has 0 fully saturated rings. The Morgan fingerprint density at radius 1 is 1.06 bits per heavy atom. The first-order valence-electron chi connectivity index (χ1n) is 12.0. The summed E-state index contributed by atoms with van der Waals surface area (Å²) >= 11 is 6.37.